The smallest absolute Gasteiger partial charge is 0.258 e. The van der Waals surface area contributed by atoms with Crippen LogP contribution in [0, 0.1) is 17.0 Å². The summed E-state index contributed by atoms with van der Waals surface area (Å²) in [4.78, 5) is 10.4. The molecule has 84 valence electrons. The minimum absolute atomic E-state index is 0.131. The van der Waals surface area contributed by atoms with Crippen LogP contribution in [-0.4, -0.2) is 4.92 Å². The van der Waals surface area contributed by atoms with Crippen LogP contribution in [0.2, 0.25) is 0 Å². The monoisotopic (exact) mass is 217 g/mol. The maximum absolute atomic E-state index is 10.8. The highest BCUT2D eigenvalue weighted by molar-refractivity contribution is 5.67. The van der Waals surface area contributed by atoms with Gasteiger partial charge in [0, 0.05) is 12.1 Å². The van der Waals surface area contributed by atoms with Crippen LogP contribution >= 0.6 is 0 Å². The molecule has 16 heavy (non-hydrogen) atoms. The van der Waals surface area contributed by atoms with Crippen LogP contribution in [0.15, 0.2) is 24.3 Å². The zero-order valence-electron chi connectivity index (χ0n) is 9.73. The molecule has 1 aromatic carbocycles. The van der Waals surface area contributed by atoms with E-state index >= 15 is 0 Å². The van der Waals surface area contributed by atoms with Crippen molar-refractivity contribution in [2.24, 2.45) is 0 Å². The maximum Gasteiger partial charge on any atom is 0.270 e. The third kappa shape index (κ3) is 2.57. The Morgan fingerprint density at radius 2 is 1.56 bits per heavy atom. The number of nitro groups is 1. The number of hydrogen-bond acceptors (Lipinski definition) is 2. The molecule has 0 saturated carbocycles. The molecule has 0 radical (unpaired) electrons. The molecule has 0 aromatic heterocycles. The average Bonchev–Trinajstić information content (AvgIpc) is 2.24. The van der Waals surface area contributed by atoms with Crippen LogP contribution in [0.5, 0.6) is 0 Å². The van der Waals surface area contributed by atoms with Crippen molar-refractivity contribution in [2.75, 3.05) is 0 Å². The number of rotatable bonds is 3. The summed E-state index contributed by atoms with van der Waals surface area (Å²) in [5.74, 6) is 0. The molecule has 0 aliphatic heterocycles. The van der Waals surface area contributed by atoms with Gasteiger partial charge in [0.25, 0.3) is 5.69 Å². The van der Waals surface area contributed by atoms with Crippen LogP contribution in [0.3, 0.4) is 0 Å². The first-order chi connectivity index (χ1) is 7.60. The fourth-order valence-electron chi connectivity index (χ4n) is 1.55. The van der Waals surface area contributed by atoms with Crippen LogP contribution < -0.4 is 0 Å². The first kappa shape index (κ1) is 12.2. The zero-order chi connectivity index (χ0) is 12.1. The summed E-state index contributed by atoms with van der Waals surface area (Å²) in [6.45, 7) is 5.76. The normalized spacial score (nSPS) is 11.4. The van der Waals surface area contributed by atoms with Gasteiger partial charge in [-0.2, -0.15) is 0 Å². The second-order valence-electron chi connectivity index (χ2n) is 3.51. The summed E-state index contributed by atoms with van der Waals surface area (Å²) >= 11 is 0. The van der Waals surface area contributed by atoms with E-state index in [2.05, 4.69) is 0 Å². The van der Waals surface area contributed by atoms with E-state index in [0.717, 1.165) is 16.7 Å². The highest BCUT2D eigenvalue weighted by Gasteiger charge is 2.10. The van der Waals surface area contributed by atoms with Crippen molar-refractivity contribution >= 4 is 17.8 Å². The lowest BCUT2D eigenvalue weighted by Crippen LogP contribution is -1.93. The fraction of sp³-hybridized carbons (Fsp3) is 0.231. The molecule has 0 N–H and O–H groups in total. The van der Waals surface area contributed by atoms with Crippen molar-refractivity contribution in [3.8, 4) is 0 Å². The molecule has 3 nitrogen and oxygen atoms in total. The minimum atomic E-state index is -0.362. The van der Waals surface area contributed by atoms with E-state index in [1.54, 1.807) is 12.1 Å². The lowest BCUT2D eigenvalue weighted by molar-refractivity contribution is -0.384. The summed E-state index contributed by atoms with van der Waals surface area (Å²) in [6, 6.07) is 3.20. The lowest BCUT2D eigenvalue weighted by atomic mass is 10.0. The minimum Gasteiger partial charge on any atom is -0.258 e. The molecule has 0 unspecified atom stereocenters. The number of nitrogens with zero attached hydrogens (tertiary/aromatic N) is 1. The molecule has 1 aromatic rings. The molecule has 0 bridgehead atoms. The Hall–Kier alpha value is -1.90. The molecule has 0 amide bonds. The van der Waals surface area contributed by atoms with Gasteiger partial charge in [0.05, 0.1) is 4.92 Å². The Kier molecular flexibility index (Phi) is 4.00. The first-order valence-corrected chi connectivity index (χ1v) is 5.14. The summed E-state index contributed by atoms with van der Waals surface area (Å²) in [7, 11) is 0. The molecule has 1 rings (SSSR count). The summed E-state index contributed by atoms with van der Waals surface area (Å²) in [5.41, 5.74) is 2.98. The van der Waals surface area contributed by atoms with Crippen molar-refractivity contribution < 1.29 is 4.92 Å². The molecule has 0 heterocycles. The Labute approximate surface area is 95.3 Å². The molecule has 0 aliphatic rings. The average molecular weight is 217 g/mol. The largest absolute Gasteiger partial charge is 0.270 e. The van der Waals surface area contributed by atoms with Gasteiger partial charge in [-0.3, -0.25) is 10.1 Å². The van der Waals surface area contributed by atoms with Crippen molar-refractivity contribution in [3.63, 3.8) is 0 Å². The second-order valence-corrected chi connectivity index (χ2v) is 3.51. The van der Waals surface area contributed by atoms with Gasteiger partial charge in [-0.05, 0) is 37.5 Å². The van der Waals surface area contributed by atoms with E-state index in [9.17, 15) is 10.1 Å². The Balaban J connectivity index is 3.44. The lowest BCUT2D eigenvalue weighted by Gasteiger charge is -2.05. The number of hydrogen-bond donors (Lipinski definition) is 0. The standard InChI is InChI=1S/C13H15NO2/c1-4-6-11-8-13(14(15)16)9-12(7-5-2)10(11)3/h4-9H,1-3H3/b6-4-,7-5+. The Morgan fingerprint density at radius 1 is 1.12 bits per heavy atom. The third-order valence-corrected chi connectivity index (χ3v) is 2.38. The van der Waals surface area contributed by atoms with E-state index in [-0.39, 0.29) is 10.6 Å². The quantitative estimate of drug-likeness (QED) is 0.568. The molecule has 3 heteroatoms. The van der Waals surface area contributed by atoms with Crippen LogP contribution in [0.25, 0.3) is 12.2 Å². The van der Waals surface area contributed by atoms with E-state index in [4.69, 9.17) is 0 Å². The molecular weight excluding hydrogens is 202 g/mol. The first-order valence-electron chi connectivity index (χ1n) is 5.14. The predicted octanol–water partition coefficient (Wildman–Crippen LogP) is 3.97. The SMILES string of the molecule is C/C=C\c1cc([N+](=O)[O-])cc(/C=C/C)c1C. The Bertz CT molecular complexity index is 426. The summed E-state index contributed by atoms with van der Waals surface area (Å²) in [6.07, 6.45) is 7.53. The van der Waals surface area contributed by atoms with Gasteiger partial charge in [-0.15, -0.1) is 0 Å². The van der Waals surface area contributed by atoms with E-state index < -0.39 is 0 Å². The van der Waals surface area contributed by atoms with Crippen molar-refractivity contribution in [2.45, 2.75) is 20.8 Å². The third-order valence-electron chi connectivity index (χ3n) is 2.38. The van der Waals surface area contributed by atoms with Crippen LogP contribution in [0.1, 0.15) is 30.5 Å². The molecule has 0 fully saturated rings. The van der Waals surface area contributed by atoms with E-state index in [1.807, 2.05) is 45.1 Å². The molecule has 0 aliphatic carbocycles. The predicted molar refractivity (Wildman–Crippen MR) is 67.2 cm³/mol. The highest BCUT2D eigenvalue weighted by Crippen LogP contribution is 2.24. The van der Waals surface area contributed by atoms with Gasteiger partial charge in [0.1, 0.15) is 0 Å². The Morgan fingerprint density at radius 3 is 1.88 bits per heavy atom. The van der Waals surface area contributed by atoms with Gasteiger partial charge in [-0.1, -0.05) is 24.3 Å². The summed E-state index contributed by atoms with van der Waals surface area (Å²) < 4.78 is 0. The highest BCUT2D eigenvalue weighted by atomic mass is 16.6. The van der Waals surface area contributed by atoms with Gasteiger partial charge >= 0.3 is 0 Å². The van der Waals surface area contributed by atoms with Gasteiger partial charge in [0.2, 0.25) is 0 Å². The number of nitro benzene ring substituents is 1. The number of allylic oxidation sites excluding steroid dienone is 2. The maximum atomic E-state index is 10.8. The van der Waals surface area contributed by atoms with Gasteiger partial charge in [0.15, 0.2) is 0 Å². The van der Waals surface area contributed by atoms with Crippen molar-refractivity contribution in [1.82, 2.24) is 0 Å². The van der Waals surface area contributed by atoms with Crippen LogP contribution in [0.4, 0.5) is 5.69 Å². The molecule has 0 atom stereocenters. The second kappa shape index (κ2) is 5.26. The zero-order valence-corrected chi connectivity index (χ0v) is 9.73. The number of non-ortho nitro benzene ring substituents is 1. The molecule has 0 saturated heterocycles. The molecule has 0 spiro atoms. The molecular formula is C13H15NO2. The van der Waals surface area contributed by atoms with Gasteiger partial charge < -0.3 is 0 Å². The van der Waals surface area contributed by atoms with Gasteiger partial charge in [-0.25, -0.2) is 0 Å². The van der Waals surface area contributed by atoms with E-state index in [0.29, 0.717) is 0 Å². The van der Waals surface area contributed by atoms with Crippen LogP contribution in [-0.2, 0) is 0 Å². The number of benzene rings is 1. The topological polar surface area (TPSA) is 43.1 Å². The summed E-state index contributed by atoms with van der Waals surface area (Å²) in [5, 5.41) is 10.8. The van der Waals surface area contributed by atoms with Crippen molar-refractivity contribution in [3.05, 3.63) is 51.1 Å². The van der Waals surface area contributed by atoms with Crippen molar-refractivity contribution in [1.29, 1.82) is 0 Å². The van der Waals surface area contributed by atoms with E-state index in [1.165, 1.54) is 0 Å². The fourth-order valence-corrected chi connectivity index (χ4v) is 1.55.